The monoisotopic (exact) mass is 238 g/mol. The van der Waals surface area contributed by atoms with Crippen LogP contribution in [0.1, 0.15) is 0 Å². The molecule has 0 bridgehead atoms. The van der Waals surface area contributed by atoms with Crippen molar-refractivity contribution in [3.05, 3.63) is 0 Å². The van der Waals surface area contributed by atoms with Crippen LogP contribution in [0.25, 0.3) is 0 Å². The molecule has 16 heavy (non-hydrogen) atoms. The van der Waals surface area contributed by atoms with Crippen LogP contribution in [0, 0.1) is 12.3 Å². The number of alkyl halides is 3. The van der Waals surface area contributed by atoms with Crippen LogP contribution in [-0.2, 0) is 4.79 Å². The summed E-state index contributed by atoms with van der Waals surface area (Å²) in [7, 11) is 0. The number of aliphatic carboxylic acids is 1. The van der Waals surface area contributed by atoms with Crippen LogP contribution in [-0.4, -0.2) is 47.8 Å². The molecule has 5 nitrogen and oxygen atoms in total. The standard InChI is InChI=1S/C8H9F3N2O3/c1-2-3-12-7(16)13(4-6(14)15)5-8(9,10)11/h1H,3-5H2,(H,12,16)(H,14,15). The van der Waals surface area contributed by atoms with Crippen molar-refractivity contribution in [1.29, 1.82) is 0 Å². The highest BCUT2D eigenvalue weighted by Crippen LogP contribution is 2.16. The smallest absolute Gasteiger partial charge is 0.406 e. The van der Waals surface area contributed by atoms with Crippen molar-refractivity contribution >= 4 is 12.0 Å². The molecule has 2 amide bonds. The quantitative estimate of drug-likeness (QED) is 0.691. The number of amides is 2. The molecule has 0 spiro atoms. The van der Waals surface area contributed by atoms with Gasteiger partial charge in [0, 0.05) is 0 Å². The third kappa shape index (κ3) is 6.53. The van der Waals surface area contributed by atoms with Gasteiger partial charge in [0.25, 0.3) is 0 Å². The average molecular weight is 238 g/mol. The minimum Gasteiger partial charge on any atom is -0.480 e. The third-order valence-electron chi connectivity index (χ3n) is 1.33. The Labute approximate surface area is 89.2 Å². The van der Waals surface area contributed by atoms with Gasteiger partial charge in [0.05, 0.1) is 6.54 Å². The highest BCUT2D eigenvalue weighted by atomic mass is 19.4. The molecule has 0 aliphatic carbocycles. The summed E-state index contributed by atoms with van der Waals surface area (Å²) in [5.74, 6) is 0.441. The van der Waals surface area contributed by atoms with Gasteiger partial charge in [-0.2, -0.15) is 13.2 Å². The van der Waals surface area contributed by atoms with E-state index in [1.165, 1.54) is 0 Å². The molecule has 8 heteroatoms. The van der Waals surface area contributed by atoms with E-state index < -0.39 is 31.3 Å². The van der Waals surface area contributed by atoms with Crippen molar-refractivity contribution in [3.8, 4) is 12.3 Å². The van der Waals surface area contributed by atoms with E-state index in [1.807, 2.05) is 11.2 Å². The Morgan fingerprint density at radius 2 is 2.00 bits per heavy atom. The van der Waals surface area contributed by atoms with E-state index in [-0.39, 0.29) is 11.4 Å². The number of carbonyl (C=O) groups excluding carboxylic acids is 1. The normalized spacial score (nSPS) is 10.4. The van der Waals surface area contributed by atoms with Gasteiger partial charge in [-0.1, -0.05) is 5.92 Å². The maximum atomic E-state index is 12.0. The Morgan fingerprint density at radius 1 is 1.44 bits per heavy atom. The molecule has 0 aliphatic heterocycles. The topological polar surface area (TPSA) is 69.6 Å². The van der Waals surface area contributed by atoms with E-state index in [1.54, 1.807) is 0 Å². The molecule has 0 aromatic carbocycles. The molecule has 0 fully saturated rings. The van der Waals surface area contributed by atoms with Crippen molar-refractivity contribution in [1.82, 2.24) is 10.2 Å². The third-order valence-corrected chi connectivity index (χ3v) is 1.33. The van der Waals surface area contributed by atoms with Gasteiger partial charge in [0.1, 0.15) is 13.1 Å². The number of hydrogen-bond donors (Lipinski definition) is 2. The lowest BCUT2D eigenvalue weighted by atomic mass is 10.4. The van der Waals surface area contributed by atoms with Gasteiger partial charge in [-0.25, -0.2) is 4.79 Å². The molecule has 0 saturated heterocycles. The number of carboxylic acids is 1. The molecule has 0 radical (unpaired) electrons. The maximum absolute atomic E-state index is 12.0. The molecule has 0 unspecified atom stereocenters. The Bertz CT molecular complexity index is 309. The van der Waals surface area contributed by atoms with Gasteiger partial charge in [-0.15, -0.1) is 6.42 Å². The number of halogens is 3. The predicted octanol–water partition coefficient (Wildman–Crippen LogP) is 0.278. The predicted molar refractivity (Wildman–Crippen MR) is 47.5 cm³/mol. The molecule has 90 valence electrons. The first-order valence-electron chi connectivity index (χ1n) is 4.01. The second kappa shape index (κ2) is 5.85. The SMILES string of the molecule is C#CCNC(=O)N(CC(=O)O)CC(F)(F)F. The lowest BCUT2D eigenvalue weighted by molar-refractivity contribution is -0.148. The molecular formula is C8H9F3N2O3. The number of carbonyl (C=O) groups is 2. The summed E-state index contributed by atoms with van der Waals surface area (Å²) in [5, 5.41) is 10.3. The van der Waals surface area contributed by atoms with Crippen molar-refractivity contribution in [3.63, 3.8) is 0 Å². The van der Waals surface area contributed by atoms with Crippen LogP contribution < -0.4 is 5.32 Å². The number of urea groups is 1. The van der Waals surface area contributed by atoms with Crippen LogP contribution in [0.4, 0.5) is 18.0 Å². The molecular weight excluding hydrogens is 229 g/mol. The van der Waals surface area contributed by atoms with Gasteiger partial charge in [0.2, 0.25) is 0 Å². The first kappa shape index (κ1) is 14.1. The van der Waals surface area contributed by atoms with E-state index in [4.69, 9.17) is 11.5 Å². The number of hydrogen-bond acceptors (Lipinski definition) is 2. The Hall–Kier alpha value is -1.91. The van der Waals surface area contributed by atoms with Crippen LogP contribution in [0.2, 0.25) is 0 Å². The number of carboxylic acid groups (broad SMARTS) is 1. The fraction of sp³-hybridized carbons (Fsp3) is 0.500. The number of nitrogens with zero attached hydrogens (tertiary/aromatic N) is 1. The van der Waals surface area contributed by atoms with Gasteiger partial charge < -0.3 is 15.3 Å². The Morgan fingerprint density at radius 3 is 2.38 bits per heavy atom. The second-order valence-corrected chi connectivity index (χ2v) is 2.73. The lowest BCUT2D eigenvalue weighted by Crippen LogP contribution is -2.47. The Kier molecular flexibility index (Phi) is 5.15. The van der Waals surface area contributed by atoms with E-state index in [9.17, 15) is 22.8 Å². The van der Waals surface area contributed by atoms with Crippen LogP contribution in [0.3, 0.4) is 0 Å². The number of rotatable bonds is 4. The van der Waals surface area contributed by atoms with E-state index in [0.717, 1.165) is 0 Å². The molecule has 0 rings (SSSR count). The van der Waals surface area contributed by atoms with E-state index in [2.05, 4.69) is 0 Å². The van der Waals surface area contributed by atoms with Crippen LogP contribution in [0.15, 0.2) is 0 Å². The lowest BCUT2D eigenvalue weighted by Gasteiger charge is -2.21. The van der Waals surface area contributed by atoms with E-state index in [0.29, 0.717) is 0 Å². The van der Waals surface area contributed by atoms with Crippen molar-refractivity contribution < 1.29 is 27.9 Å². The van der Waals surface area contributed by atoms with Gasteiger partial charge in [0.15, 0.2) is 0 Å². The zero-order valence-corrected chi connectivity index (χ0v) is 8.04. The fourth-order valence-corrected chi connectivity index (χ4v) is 0.818. The van der Waals surface area contributed by atoms with Crippen molar-refractivity contribution in [2.45, 2.75) is 6.18 Å². The maximum Gasteiger partial charge on any atom is 0.406 e. The molecule has 0 atom stereocenters. The minimum absolute atomic E-state index is 0.111. The summed E-state index contributed by atoms with van der Waals surface area (Å²) in [6.45, 7) is -2.96. The number of terminal acetylenes is 1. The minimum atomic E-state index is -4.66. The summed E-state index contributed by atoms with van der Waals surface area (Å²) in [6, 6.07) is -1.17. The van der Waals surface area contributed by atoms with Crippen molar-refractivity contribution in [2.24, 2.45) is 0 Å². The van der Waals surface area contributed by atoms with Crippen LogP contribution in [0.5, 0.6) is 0 Å². The zero-order chi connectivity index (χ0) is 12.8. The molecule has 0 aromatic rings. The first-order valence-corrected chi connectivity index (χ1v) is 4.01. The van der Waals surface area contributed by atoms with Gasteiger partial charge in [-0.05, 0) is 0 Å². The molecule has 2 N–H and O–H groups in total. The summed E-state index contributed by atoms with van der Waals surface area (Å²) >= 11 is 0. The largest absolute Gasteiger partial charge is 0.480 e. The van der Waals surface area contributed by atoms with Crippen LogP contribution >= 0.6 is 0 Å². The number of nitrogens with one attached hydrogen (secondary N) is 1. The first-order chi connectivity index (χ1) is 7.26. The molecule has 0 aliphatic rings. The highest BCUT2D eigenvalue weighted by molar-refractivity contribution is 5.80. The molecule has 0 aromatic heterocycles. The van der Waals surface area contributed by atoms with Crippen molar-refractivity contribution in [2.75, 3.05) is 19.6 Å². The van der Waals surface area contributed by atoms with Gasteiger partial charge in [-0.3, -0.25) is 4.79 Å². The second-order valence-electron chi connectivity index (χ2n) is 2.73. The summed E-state index contributed by atoms with van der Waals surface area (Å²) in [5.41, 5.74) is 0. The average Bonchev–Trinajstić information content (AvgIpc) is 2.10. The summed E-state index contributed by atoms with van der Waals surface area (Å²) < 4.78 is 36.0. The molecule has 0 heterocycles. The summed E-state index contributed by atoms with van der Waals surface area (Å²) in [6.07, 6.45) is 0.120. The summed E-state index contributed by atoms with van der Waals surface area (Å²) in [4.78, 5) is 21.4. The van der Waals surface area contributed by atoms with E-state index >= 15 is 0 Å². The fourth-order valence-electron chi connectivity index (χ4n) is 0.818. The van der Waals surface area contributed by atoms with Gasteiger partial charge >= 0.3 is 18.2 Å². The zero-order valence-electron chi connectivity index (χ0n) is 8.04. The molecule has 0 saturated carbocycles. The Balaban J connectivity index is 4.48. The highest BCUT2D eigenvalue weighted by Gasteiger charge is 2.33.